The van der Waals surface area contributed by atoms with E-state index in [9.17, 15) is 0 Å². The molecule has 0 fully saturated rings. The summed E-state index contributed by atoms with van der Waals surface area (Å²) in [7, 11) is 0.781. The van der Waals surface area contributed by atoms with Crippen LogP contribution in [-0.4, -0.2) is 20.8 Å². The summed E-state index contributed by atoms with van der Waals surface area (Å²) in [5, 5.41) is 3.67. The largest absolute Gasteiger partial charge is 0.291 e. The minimum Gasteiger partial charge on any atom is -0.291 e. The molecule has 1 aliphatic heterocycles. The van der Waals surface area contributed by atoms with E-state index in [2.05, 4.69) is 10.5 Å². The van der Waals surface area contributed by atoms with Crippen molar-refractivity contribution in [3.05, 3.63) is 0 Å². The van der Waals surface area contributed by atoms with Gasteiger partial charge in [-0.05, 0) is 0 Å². The van der Waals surface area contributed by atoms with Crippen molar-refractivity contribution in [2.45, 2.75) is 0 Å². The van der Waals surface area contributed by atoms with Crippen LogP contribution in [0.2, 0.25) is 0 Å². The molecule has 0 saturated heterocycles. The molecule has 1 rings (SSSR count). The Morgan fingerprint density at radius 3 is 3.00 bits per heavy atom. The molecule has 0 atom stereocenters. The maximum Gasteiger partial charge on any atom is 0.101 e. The molecule has 1 radical (unpaired) electrons. The minimum atomic E-state index is 0.781. The Balaban J connectivity index is 2.61. The van der Waals surface area contributed by atoms with Gasteiger partial charge in [-0.3, -0.25) is 5.43 Å². The molecule has 0 unspecified atom stereocenters. The Bertz CT molecular complexity index is 65.7. The Morgan fingerprint density at radius 2 is 2.80 bits per heavy atom. The molecule has 3 heteroatoms. The van der Waals surface area contributed by atoms with Gasteiger partial charge < -0.3 is 0 Å². The molecule has 0 aromatic carbocycles. The lowest BCUT2D eigenvalue weighted by molar-refractivity contribution is 1.09. The second kappa shape index (κ2) is 1.12. The van der Waals surface area contributed by atoms with Crippen molar-refractivity contribution >= 4 is 20.8 Å². The predicted molar refractivity (Wildman–Crippen MR) is 23.4 cm³/mol. The standard InChI is InChI=1S/C2H3N2Si/c1-3-4-2-5-1/h1-3H. The molecular weight excluding hydrogens is 80.1 g/mol. The molecule has 0 spiro atoms. The first-order valence-electron chi connectivity index (χ1n) is 1.35. The second-order valence-electron chi connectivity index (χ2n) is 0.698. The number of nitrogens with zero attached hydrogens (tertiary/aromatic N) is 1. The van der Waals surface area contributed by atoms with Gasteiger partial charge in [-0.2, -0.15) is 5.10 Å². The summed E-state index contributed by atoms with van der Waals surface area (Å²) in [6.07, 6.45) is 0. The van der Waals surface area contributed by atoms with Crippen molar-refractivity contribution in [2.75, 3.05) is 0 Å². The van der Waals surface area contributed by atoms with Gasteiger partial charge in [0.15, 0.2) is 0 Å². The highest BCUT2D eigenvalue weighted by molar-refractivity contribution is 6.74. The summed E-state index contributed by atoms with van der Waals surface area (Å²) in [5.41, 5.74) is 2.68. The van der Waals surface area contributed by atoms with E-state index in [1.54, 1.807) is 0 Å². The van der Waals surface area contributed by atoms with Crippen LogP contribution in [0, 0.1) is 0 Å². The van der Waals surface area contributed by atoms with Gasteiger partial charge in [-0.1, -0.05) is 0 Å². The first-order chi connectivity index (χ1) is 2.50. The third kappa shape index (κ3) is 0.415. The van der Waals surface area contributed by atoms with Crippen molar-refractivity contribution in [1.82, 2.24) is 5.43 Å². The predicted octanol–water partition coefficient (Wildman–Crippen LogP) is -1.00. The molecule has 0 amide bonds. The highest BCUT2D eigenvalue weighted by Crippen LogP contribution is 1.50. The van der Waals surface area contributed by atoms with Crippen LogP contribution in [0.15, 0.2) is 5.10 Å². The van der Waals surface area contributed by atoms with Crippen molar-refractivity contribution < 1.29 is 0 Å². The van der Waals surface area contributed by atoms with Crippen LogP contribution >= 0.6 is 0 Å². The lowest BCUT2D eigenvalue weighted by Crippen LogP contribution is -1.93. The number of hydrazone groups is 1. The molecule has 1 heterocycles. The van der Waals surface area contributed by atoms with E-state index in [1.807, 2.05) is 11.6 Å². The van der Waals surface area contributed by atoms with Crippen LogP contribution in [0.5, 0.6) is 0 Å². The maximum absolute atomic E-state index is 3.67. The second-order valence-corrected chi connectivity index (χ2v) is 1.58. The van der Waals surface area contributed by atoms with Gasteiger partial charge in [0.1, 0.15) is 9.13 Å². The first kappa shape index (κ1) is 2.78. The molecule has 1 N–H and O–H groups in total. The first-order valence-corrected chi connectivity index (χ1v) is 2.50. The monoisotopic (exact) mass is 83.0 g/mol. The zero-order chi connectivity index (χ0) is 3.54. The van der Waals surface area contributed by atoms with Crippen LogP contribution in [0.4, 0.5) is 0 Å². The molecule has 25 valence electrons. The number of rotatable bonds is 0. The molecule has 1 aliphatic rings. The number of nitrogens with one attached hydrogen (secondary N) is 1. The van der Waals surface area contributed by atoms with Crippen LogP contribution in [0.25, 0.3) is 0 Å². The van der Waals surface area contributed by atoms with Gasteiger partial charge >= 0.3 is 0 Å². The summed E-state index contributed by atoms with van der Waals surface area (Å²) in [6.45, 7) is 0. The molecule has 5 heavy (non-hydrogen) atoms. The third-order valence-electron chi connectivity index (χ3n) is 0.362. The molecule has 0 aromatic heterocycles. The SMILES string of the molecule is C1=NNC=[Si]1. The van der Waals surface area contributed by atoms with Gasteiger partial charge in [0.05, 0.1) is 0 Å². The normalized spacial score (nSPS) is 16.0. The minimum absolute atomic E-state index is 0.781. The van der Waals surface area contributed by atoms with Crippen molar-refractivity contribution in [3.63, 3.8) is 0 Å². The van der Waals surface area contributed by atoms with Crippen LogP contribution in [0.1, 0.15) is 0 Å². The zero-order valence-corrected chi connectivity index (χ0v) is 3.60. The van der Waals surface area contributed by atoms with Gasteiger partial charge in [0.25, 0.3) is 0 Å². The molecule has 2 nitrogen and oxygen atoms in total. The topological polar surface area (TPSA) is 24.4 Å². The Kier molecular flexibility index (Phi) is 0.622. The van der Waals surface area contributed by atoms with Gasteiger partial charge in [0.2, 0.25) is 0 Å². The van der Waals surface area contributed by atoms with Gasteiger partial charge in [0, 0.05) is 11.6 Å². The molecular formula is C2H3N2Si. The average Bonchev–Trinajstić information content (AvgIpc) is 1.76. The smallest absolute Gasteiger partial charge is 0.101 e. The number of hydrogen-bond donors (Lipinski definition) is 1. The average molecular weight is 83.1 g/mol. The van der Waals surface area contributed by atoms with E-state index < -0.39 is 0 Å². The molecule has 0 saturated carbocycles. The zero-order valence-electron chi connectivity index (χ0n) is 2.60. The number of hydrogen-bond acceptors (Lipinski definition) is 2. The molecule has 0 bridgehead atoms. The highest BCUT2D eigenvalue weighted by Gasteiger charge is 1.70. The fraction of sp³-hybridized carbons (Fsp3) is 0. The summed E-state index contributed by atoms with van der Waals surface area (Å²) in [5.74, 6) is 3.76. The summed E-state index contributed by atoms with van der Waals surface area (Å²) in [4.78, 5) is 0. The van der Waals surface area contributed by atoms with Crippen LogP contribution in [-0.2, 0) is 0 Å². The van der Waals surface area contributed by atoms with E-state index in [-0.39, 0.29) is 0 Å². The van der Waals surface area contributed by atoms with Crippen molar-refractivity contribution in [1.29, 1.82) is 0 Å². The Morgan fingerprint density at radius 1 is 1.80 bits per heavy atom. The quantitative estimate of drug-likeness (QED) is 0.373. The molecule has 0 aromatic rings. The fourth-order valence-corrected chi connectivity index (χ4v) is 0.559. The van der Waals surface area contributed by atoms with E-state index in [0.717, 1.165) is 9.13 Å². The van der Waals surface area contributed by atoms with E-state index in [4.69, 9.17) is 0 Å². The maximum atomic E-state index is 3.67. The summed E-state index contributed by atoms with van der Waals surface area (Å²) in [6, 6.07) is 0. The van der Waals surface area contributed by atoms with E-state index in [1.165, 1.54) is 0 Å². The third-order valence-corrected chi connectivity index (χ3v) is 0.935. The molecule has 0 aliphatic carbocycles. The van der Waals surface area contributed by atoms with Crippen molar-refractivity contribution in [3.8, 4) is 0 Å². The summed E-state index contributed by atoms with van der Waals surface area (Å²) >= 11 is 0. The highest BCUT2D eigenvalue weighted by atomic mass is 28.2. The van der Waals surface area contributed by atoms with E-state index >= 15 is 0 Å². The Hall–Kier alpha value is -0.443. The van der Waals surface area contributed by atoms with E-state index in [0.29, 0.717) is 0 Å². The van der Waals surface area contributed by atoms with Crippen molar-refractivity contribution in [2.24, 2.45) is 5.10 Å². The lowest BCUT2D eigenvalue weighted by atomic mass is 11.5. The van der Waals surface area contributed by atoms with Gasteiger partial charge in [-0.15, -0.1) is 0 Å². The summed E-state index contributed by atoms with van der Waals surface area (Å²) < 4.78 is 0. The van der Waals surface area contributed by atoms with Crippen LogP contribution < -0.4 is 5.43 Å². The fourth-order valence-electron chi connectivity index (χ4n) is 0.186. The van der Waals surface area contributed by atoms with Crippen LogP contribution in [0.3, 0.4) is 0 Å². The lowest BCUT2D eigenvalue weighted by Gasteiger charge is -1.70. The van der Waals surface area contributed by atoms with Gasteiger partial charge in [-0.25, -0.2) is 0 Å². The Labute approximate surface area is 32.3 Å².